The summed E-state index contributed by atoms with van der Waals surface area (Å²) in [5.41, 5.74) is 2.62. The van der Waals surface area contributed by atoms with Crippen LogP contribution in [0, 0.1) is 0 Å². The molecule has 1 saturated heterocycles. The Morgan fingerprint density at radius 2 is 1.48 bits per heavy atom. The first-order valence-corrected chi connectivity index (χ1v) is 8.53. The van der Waals surface area contributed by atoms with E-state index in [0.29, 0.717) is 13.2 Å². The van der Waals surface area contributed by atoms with Gasteiger partial charge in [0, 0.05) is 10.4 Å². The fraction of sp³-hybridized carbons (Fsp3) is 0.368. The molecule has 0 radical (unpaired) electrons. The Morgan fingerprint density at radius 3 is 2.22 bits per heavy atom. The molecular weight excluding hydrogens is 310 g/mol. The van der Waals surface area contributed by atoms with Gasteiger partial charge < -0.3 is 14.8 Å². The first-order chi connectivity index (χ1) is 11.3. The molecule has 4 rings (SSSR count). The van der Waals surface area contributed by atoms with E-state index >= 15 is 0 Å². The molecule has 2 aromatic rings. The van der Waals surface area contributed by atoms with Crippen LogP contribution in [0.4, 0.5) is 0 Å². The topological polar surface area (TPSA) is 30.5 Å². The van der Waals surface area contributed by atoms with Gasteiger partial charge in [-0.3, -0.25) is 0 Å². The predicted octanol–water partition coefficient (Wildman–Crippen LogP) is 3.78. The van der Waals surface area contributed by atoms with E-state index < -0.39 is 0 Å². The van der Waals surface area contributed by atoms with Crippen LogP contribution in [0.1, 0.15) is 24.0 Å². The molecule has 0 saturated carbocycles. The molecule has 3 nitrogen and oxygen atoms in total. The quantitative estimate of drug-likeness (QED) is 0.909. The second-order valence-corrected chi connectivity index (χ2v) is 6.63. The van der Waals surface area contributed by atoms with Crippen molar-refractivity contribution >= 4 is 11.6 Å². The van der Waals surface area contributed by atoms with Crippen molar-refractivity contribution in [3.8, 4) is 11.5 Å². The van der Waals surface area contributed by atoms with Gasteiger partial charge in [-0.05, 0) is 61.3 Å². The van der Waals surface area contributed by atoms with Crippen molar-refractivity contribution in [1.29, 1.82) is 0 Å². The van der Waals surface area contributed by atoms with Crippen LogP contribution in [0.15, 0.2) is 42.5 Å². The van der Waals surface area contributed by atoms with Crippen molar-refractivity contribution in [2.75, 3.05) is 26.3 Å². The van der Waals surface area contributed by atoms with Gasteiger partial charge in [-0.1, -0.05) is 29.8 Å². The van der Waals surface area contributed by atoms with E-state index in [1.165, 1.54) is 11.1 Å². The van der Waals surface area contributed by atoms with Gasteiger partial charge in [-0.2, -0.15) is 0 Å². The van der Waals surface area contributed by atoms with Crippen molar-refractivity contribution < 1.29 is 9.47 Å². The van der Waals surface area contributed by atoms with E-state index in [1.54, 1.807) is 0 Å². The zero-order valence-corrected chi connectivity index (χ0v) is 13.7. The Balaban J connectivity index is 1.80. The van der Waals surface area contributed by atoms with Crippen molar-refractivity contribution in [3.63, 3.8) is 0 Å². The Hall–Kier alpha value is -1.71. The Bertz CT molecular complexity index is 693. The van der Waals surface area contributed by atoms with Gasteiger partial charge in [0.2, 0.25) is 0 Å². The number of halogens is 1. The van der Waals surface area contributed by atoms with Gasteiger partial charge in [0.05, 0.1) is 0 Å². The van der Waals surface area contributed by atoms with Crippen LogP contribution in [-0.2, 0) is 5.41 Å². The minimum Gasteiger partial charge on any atom is -0.486 e. The molecule has 1 fully saturated rings. The summed E-state index contributed by atoms with van der Waals surface area (Å²) in [6, 6.07) is 14.7. The van der Waals surface area contributed by atoms with Crippen LogP contribution >= 0.6 is 11.6 Å². The third-order valence-electron chi connectivity index (χ3n) is 4.95. The average molecular weight is 330 g/mol. The smallest absolute Gasteiger partial charge is 0.161 e. The molecule has 2 aliphatic heterocycles. The SMILES string of the molecule is Clc1ccc(C2(c3ccc4c(c3)OCCO4)CCNCC2)cc1. The highest BCUT2D eigenvalue weighted by molar-refractivity contribution is 6.30. The van der Waals surface area contributed by atoms with Crippen molar-refractivity contribution in [2.45, 2.75) is 18.3 Å². The molecular formula is C19H20ClNO2. The summed E-state index contributed by atoms with van der Waals surface area (Å²) in [7, 11) is 0. The molecule has 2 aromatic carbocycles. The number of benzene rings is 2. The lowest BCUT2D eigenvalue weighted by atomic mass is 9.68. The van der Waals surface area contributed by atoms with Crippen LogP contribution < -0.4 is 14.8 Å². The summed E-state index contributed by atoms with van der Waals surface area (Å²) < 4.78 is 11.5. The first-order valence-electron chi connectivity index (χ1n) is 8.15. The molecule has 0 aromatic heterocycles. The Morgan fingerprint density at radius 1 is 0.826 bits per heavy atom. The van der Waals surface area contributed by atoms with Gasteiger partial charge >= 0.3 is 0 Å². The monoisotopic (exact) mass is 329 g/mol. The normalized spacial score (nSPS) is 19.3. The van der Waals surface area contributed by atoms with E-state index in [1.807, 2.05) is 18.2 Å². The van der Waals surface area contributed by atoms with E-state index in [-0.39, 0.29) is 5.41 Å². The lowest BCUT2D eigenvalue weighted by Gasteiger charge is -2.39. The minimum atomic E-state index is 0.00563. The van der Waals surface area contributed by atoms with Crippen molar-refractivity contribution in [2.24, 2.45) is 0 Å². The van der Waals surface area contributed by atoms with Crippen LogP contribution in [0.25, 0.3) is 0 Å². The van der Waals surface area contributed by atoms with Crippen LogP contribution in [-0.4, -0.2) is 26.3 Å². The fourth-order valence-corrected chi connectivity index (χ4v) is 3.83. The van der Waals surface area contributed by atoms with E-state index in [2.05, 4.69) is 29.6 Å². The lowest BCUT2D eigenvalue weighted by Crippen LogP contribution is -2.40. The maximum atomic E-state index is 6.09. The largest absolute Gasteiger partial charge is 0.486 e. The molecule has 0 spiro atoms. The van der Waals surface area contributed by atoms with Gasteiger partial charge in [0.1, 0.15) is 13.2 Å². The second kappa shape index (κ2) is 6.06. The highest BCUT2D eigenvalue weighted by atomic mass is 35.5. The number of piperidine rings is 1. The summed E-state index contributed by atoms with van der Waals surface area (Å²) in [6.45, 7) is 3.26. The van der Waals surface area contributed by atoms with Gasteiger partial charge in [0.15, 0.2) is 11.5 Å². The highest BCUT2D eigenvalue weighted by Crippen LogP contribution is 2.43. The Kier molecular flexibility index (Phi) is 3.92. The summed E-state index contributed by atoms with van der Waals surface area (Å²) in [5.74, 6) is 1.71. The molecule has 2 aliphatic rings. The average Bonchev–Trinajstić information content (AvgIpc) is 2.62. The molecule has 0 bridgehead atoms. The summed E-state index contributed by atoms with van der Waals surface area (Å²) in [6.07, 6.45) is 2.13. The van der Waals surface area contributed by atoms with Crippen LogP contribution in [0.2, 0.25) is 5.02 Å². The van der Waals surface area contributed by atoms with Crippen LogP contribution in [0.3, 0.4) is 0 Å². The van der Waals surface area contributed by atoms with Crippen molar-refractivity contribution in [1.82, 2.24) is 5.32 Å². The zero-order chi connectivity index (χ0) is 15.7. The maximum Gasteiger partial charge on any atom is 0.161 e. The van der Waals surface area contributed by atoms with E-state index in [9.17, 15) is 0 Å². The minimum absolute atomic E-state index is 0.00563. The molecule has 2 heterocycles. The third-order valence-corrected chi connectivity index (χ3v) is 5.20. The molecule has 0 atom stereocenters. The van der Waals surface area contributed by atoms with Crippen molar-refractivity contribution in [3.05, 3.63) is 58.6 Å². The zero-order valence-electron chi connectivity index (χ0n) is 13.0. The molecule has 0 aliphatic carbocycles. The van der Waals surface area contributed by atoms with E-state index in [0.717, 1.165) is 42.5 Å². The van der Waals surface area contributed by atoms with Crippen LogP contribution in [0.5, 0.6) is 11.5 Å². The number of nitrogens with one attached hydrogen (secondary N) is 1. The van der Waals surface area contributed by atoms with E-state index in [4.69, 9.17) is 21.1 Å². The number of ether oxygens (including phenoxy) is 2. The number of hydrogen-bond acceptors (Lipinski definition) is 3. The van der Waals surface area contributed by atoms with Gasteiger partial charge in [-0.15, -0.1) is 0 Å². The van der Waals surface area contributed by atoms with Gasteiger partial charge in [0.25, 0.3) is 0 Å². The molecule has 4 heteroatoms. The number of rotatable bonds is 2. The first kappa shape index (κ1) is 14.9. The fourth-order valence-electron chi connectivity index (χ4n) is 3.71. The Labute approximate surface area is 141 Å². The lowest BCUT2D eigenvalue weighted by molar-refractivity contribution is 0.171. The van der Waals surface area contributed by atoms with Gasteiger partial charge in [-0.25, -0.2) is 0 Å². The second-order valence-electron chi connectivity index (χ2n) is 6.20. The predicted molar refractivity (Wildman–Crippen MR) is 91.8 cm³/mol. The summed E-state index contributed by atoms with van der Waals surface area (Å²) in [5, 5.41) is 4.25. The standard InChI is InChI=1S/C19H20ClNO2/c20-16-4-1-14(2-5-16)19(7-9-21-10-8-19)15-3-6-17-18(13-15)23-12-11-22-17/h1-6,13,21H,7-12H2. The summed E-state index contributed by atoms with van der Waals surface area (Å²) in [4.78, 5) is 0. The highest BCUT2D eigenvalue weighted by Gasteiger charge is 2.36. The molecule has 120 valence electrons. The molecule has 1 N–H and O–H groups in total. The molecule has 0 amide bonds. The third kappa shape index (κ3) is 2.68. The number of hydrogen-bond donors (Lipinski definition) is 1. The maximum absolute atomic E-state index is 6.09. The summed E-state index contributed by atoms with van der Waals surface area (Å²) >= 11 is 6.09. The molecule has 23 heavy (non-hydrogen) atoms. The number of fused-ring (bicyclic) bond motifs is 1. The molecule has 0 unspecified atom stereocenters.